The fourth-order valence-electron chi connectivity index (χ4n) is 0.698. The highest BCUT2D eigenvalue weighted by molar-refractivity contribution is 5.73. The molecule has 0 saturated heterocycles. The monoisotopic (exact) mass is 147 g/mol. The van der Waals surface area contributed by atoms with E-state index in [-0.39, 0.29) is 12.5 Å². The molecule has 0 saturated carbocycles. The van der Waals surface area contributed by atoms with Gasteiger partial charge in [0.25, 0.3) is 0 Å². The van der Waals surface area contributed by atoms with Gasteiger partial charge in [0.15, 0.2) is 0 Å². The van der Waals surface area contributed by atoms with E-state index in [0.29, 0.717) is 6.42 Å². The Morgan fingerprint density at radius 1 is 1.70 bits per heavy atom. The summed E-state index contributed by atoms with van der Waals surface area (Å²) in [6.07, 6.45) is 0.587. The molecule has 2 atom stereocenters. The zero-order chi connectivity index (χ0) is 8.15. The van der Waals surface area contributed by atoms with Crippen LogP contribution in [0.3, 0.4) is 0 Å². The smallest absolute Gasteiger partial charge is 0.320 e. The lowest BCUT2D eigenvalue weighted by Crippen LogP contribution is -2.39. The Morgan fingerprint density at radius 3 is 2.30 bits per heavy atom. The van der Waals surface area contributed by atoms with Crippen LogP contribution in [0.1, 0.15) is 13.3 Å². The second-order valence-electron chi connectivity index (χ2n) is 2.21. The number of aliphatic hydroxyl groups excluding tert-OH is 1. The highest BCUT2D eigenvalue weighted by atomic mass is 16.4. The van der Waals surface area contributed by atoms with Crippen molar-refractivity contribution < 1.29 is 15.0 Å². The molecule has 0 radical (unpaired) electrons. The van der Waals surface area contributed by atoms with Crippen molar-refractivity contribution in [2.45, 2.75) is 19.4 Å². The van der Waals surface area contributed by atoms with Crippen LogP contribution in [0, 0.1) is 5.92 Å². The van der Waals surface area contributed by atoms with E-state index in [9.17, 15) is 4.79 Å². The van der Waals surface area contributed by atoms with Crippen LogP contribution in [0.25, 0.3) is 0 Å². The summed E-state index contributed by atoms with van der Waals surface area (Å²) < 4.78 is 0. The highest BCUT2D eigenvalue weighted by Crippen LogP contribution is 2.05. The van der Waals surface area contributed by atoms with Gasteiger partial charge in [0.1, 0.15) is 6.04 Å². The normalized spacial score (nSPS) is 16.3. The minimum Gasteiger partial charge on any atom is -0.480 e. The van der Waals surface area contributed by atoms with Crippen molar-refractivity contribution in [2.24, 2.45) is 11.7 Å². The van der Waals surface area contributed by atoms with E-state index >= 15 is 0 Å². The van der Waals surface area contributed by atoms with Gasteiger partial charge in [-0.15, -0.1) is 0 Å². The summed E-state index contributed by atoms with van der Waals surface area (Å²) in [5.41, 5.74) is 5.22. The Kier molecular flexibility index (Phi) is 3.99. The Bertz CT molecular complexity index is 112. The first-order valence-corrected chi connectivity index (χ1v) is 3.22. The number of hydrogen-bond acceptors (Lipinski definition) is 3. The molecule has 0 unspecified atom stereocenters. The summed E-state index contributed by atoms with van der Waals surface area (Å²) in [6.45, 7) is 1.63. The fourth-order valence-corrected chi connectivity index (χ4v) is 0.698. The van der Waals surface area contributed by atoms with Gasteiger partial charge in [-0.1, -0.05) is 6.92 Å². The van der Waals surface area contributed by atoms with Crippen molar-refractivity contribution in [1.82, 2.24) is 0 Å². The Balaban J connectivity index is 3.88. The maximum Gasteiger partial charge on any atom is 0.320 e. The van der Waals surface area contributed by atoms with Crippen LogP contribution >= 0.6 is 0 Å². The number of carboxylic acid groups (broad SMARTS) is 1. The minimum absolute atomic E-state index is 0.163. The molecule has 0 aromatic heterocycles. The Hall–Kier alpha value is -0.610. The minimum atomic E-state index is -1.05. The van der Waals surface area contributed by atoms with E-state index in [1.807, 2.05) is 0 Å². The molecular formula is C6H13NO3. The van der Waals surface area contributed by atoms with Crippen LogP contribution < -0.4 is 5.73 Å². The van der Waals surface area contributed by atoms with Crippen LogP contribution in [0.4, 0.5) is 0 Å². The van der Waals surface area contributed by atoms with Gasteiger partial charge in [0.05, 0.1) is 0 Å². The summed E-state index contributed by atoms with van der Waals surface area (Å²) in [7, 11) is 0. The molecule has 0 aliphatic heterocycles. The van der Waals surface area contributed by atoms with E-state index in [0.717, 1.165) is 0 Å². The highest BCUT2D eigenvalue weighted by Gasteiger charge is 2.21. The van der Waals surface area contributed by atoms with Crippen LogP contribution in [0.5, 0.6) is 0 Å². The predicted molar refractivity (Wildman–Crippen MR) is 36.5 cm³/mol. The SMILES string of the molecule is CC[C@@H](CO)[C@H](N)C(=O)O. The quantitative estimate of drug-likeness (QED) is 0.496. The third kappa shape index (κ3) is 2.33. The van der Waals surface area contributed by atoms with E-state index in [1.54, 1.807) is 6.92 Å². The summed E-state index contributed by atoms with van der Waals surface area (Å²) in [6, 6.07) is -0.935. The first kappa shape index (κ1) is 9.39. The molecule has 0 aromatic rings. The maximum absolute atomic E-state index is 10.2. The van der Waals surface area contributed by atoms with Crippen molar-refractivity contribution in [3.05, 3.63) is 0 Å². The first-order chi connectivity index (χ1) is 4.63. The van der Waals surface area contributed by atoms with E-state index in [4.69, 9.17) is 15.9 Å². The van der Waals surface area contributed by atoms with Gasteiger partial charge in [-0.05, 0) is 6.42 Å². The van der Waals surface area contributed by atoms with Crippen molar-refractivity contribution in [3.8, 4) is 0 Å². The number of hydrogen-bond donors (Lipinski definition) is 3. The van der Waals surface area contributed by atoms with Crippen molar-refractivity contribution in [1.29, 1.82) is 0 Å². The molecule has 0 aliphatic rings. The average Bonchev–Trinajstić information content (AvgIpc) is 1.90. The molecule has 0 rings (SSSR count). The molecule has 0 bridgehead atoms. The zero-order valence-electron chi connectivity index (χ0n) is 5.95. The summed E-state index contributed by atoms with van der Waals surface area (Å²) in [5, 5.41) is 17.0. The summed E-state index contributed by atoms with van der Waals surface area (Å²) in [5.74, 6) is -1.38. The van der Waals surface area contributed by atoms with Crippen LogP contribution in [-0.2, 0) is 4.79 Å². The maximum atomic E-state index is 10.2. The molecule has 0 spiro atoms. The third-order valence-electron chi connectivity index (χ3n) is 1.55. The molecular weight excluding hydrogens is 134 g/mol. The molecule has 0 amide bonds. The number of aliphatic carboxylic acids is 1. The topological polar surface area (TPSA) is 83.5 Å². The van der Waals surface area contributed by atoms with Crippen molar-refractivity contribution >= 4 is 5.97 Å². The van der Waals surface area contributed by atoms with Gasteiger partial charge >= 0.3 is 5.97 Å². The standard InChI is InChI=1S/C6H13NO3/c1-2-4(3-8)5(7)6(9)10/h4-5,8H,2-3,7H2,1H3,(H,9,10)/t4-,5-/m0/s1. The van der Waals surface area contributed by atoms with Gasteiger partial charge in [-0.25, -0.2) is 0 Å². The van der Waals surface area contributed by atoms with Gasteiger partial charge in [-0.3, -0.25) is 4.79 Å². The molecule has 0 aromatic carbocycles. The molecule has 0 fully saturated rings. The average molecular weight is 147 g/mol. The number of rotatable bonds is 4. The number of carboxylic acids is 1. The number of carbonyl (C=O) groups is 1. The fraction of sp³-hybridized carbons (Fsp3) is 0.833. The Labute approximate surface area is 59.7 Å². The number of nitrogens with two attached hydrogens (primary N) is 1. The lowest BCUT2D eigenvalue weighted by atomic mass is 9.99. The lowest BCUT2D eigenvalue weighted by molar-refractivity contribution is -0.140. The van der Waals surface area contributed by atoms with Crippen LogP contribution in [0.2, 0.25) is 0 Å². The second-order valence-corrected chi connectivity index (χ2v) is 2.21. The lowest BCUT2D eigenvalue weighted by Gasteiger charge is -2.15. The second kappa shape index (κ2) is 4.24. The molecule has 60 valence electrons. The van der Waals surface area contributed by atoms with E-state index in [2.05, 4.69) is 0 Å². The van der Waals surface area contributed by atoms with Gasteiger partial charge in [0, 0.05) is 12.5 Å². The molecule has 10 heavy (non-hydrogen) atoms. The molecule has 0 heterocycles. The van der Waals surface area contributed by atoms with Crippen molar-refractivity contribution in [2.75, 3.05) is 6.61 Å². The Morgan fingerprint density at radius 2 is 2.20 bits per heavy atom. The predicted octanol–water partition coefficient (Wildman–Crippen LogP) is -0.583. The molecule has 4 nitrogen and oxygen atoms in total. The van der Waals surface area contributed by atoms with Crippen molar-refractivity contribution in [3.63, 3.8) is 0 Å². The van der Waals surface area contributed by atoms with Gasteiger partial charge in [-0.2, -0.15) is 0 Å². The largest absolute Gasteiger partial charge is 0.480 e. The van der Waals surface area contributed by atoms with Crippen LogP contribution in [0.15, 0.2) is 0 Å². The summed E-state index contributed by atoms with van der Waals surface area (Å²) >= 11 is 0. The zero-order valence-corrected chi connectivity index (χ0v) is 5.95. The molecule has 4 N–H and O–H groups in total. The van der Waals surface area contributed by atoms with E-state index < -0.39 is 12.0 Å². The summed E-state index contributed by atoms with van der Waals surface area (Å²) in [4.78, 5) is 10.2. The molecule has 4 heteroatoms. The van der Waals surface area contributed by atoms with Gasteiger partial charge < -0.3 is 15.9 Å². The number of aliphatic hydroxyl groups is 1. The third-order valence-corrected chi connectivity index (χ3v) is 1.55. The first-order valence-electron chi connectivity index (χ1n) is 3.22. The van der Waals surface area contributed by atoms with Crippen LogP contribution in [-0.4, -0.2) is 28.8 Å². The van der Waals surface area contributed by atoms with E-state index in [1.165, 1.54) is 0 Å². The van der Waals surface area contributed by atoms with Gasteiger partial charge in [0.2, 0.25) is 0 Å². The molecule has 0 aliphatic carbocycles.